The van der Waals surface area contributed by atoms with Gasteiger partial charge in [0.2, 0.25) is 5.88 Å². The third-order valence-electron chi connectivity index (χ3n) is 3.72. The van der Waals surface area contributed by atoms with E-state index in [9.17, 15) is 5.11 Å². The van der Waals surface area contributed by atoms with Crippen LogP contribution in [-0.2, 0) is 6.61 Å². The van der Waals surface area contributed by atoms with E-state index in [0.717, 1.165) is 21.3 Å². The predicted octanol–water partition coefficient (Wildman–Crippen LogP) is 3.91. The molecule has 0 atom stereocenters. The molecule has 2 heterocycles. The standard InChI is InChI=1S/C17H18N2O3S/c1-9-10(2)23-17-15(9)16(18-11(3)19-17)22-13-6-5-12(8-20)7-14(13)21-4/h5-7,20H,8H2,1-4H3. The summed E-state index contributed by atoms with van der Waals surface area (Å²) >= 11 is 1.64. The van der Waals surface area contributed by atoms with Gasteiger partial charge in [-0.15, -0.1) is 11.3 Å². The molecule has 0 saturated carbocycles. The first kappa shape index (κ1) is 15.7. The maximum atomic E-state index is 9.24. The lowest BCUT2D eigenvalue weighted by molar-refractivity contribution is 0.280. The molecule has 0 unspecified atom stereocenters. The number of hydrogen-bond donors (Lipinski definition) is 1. The van der Waals surface area contributed by atoms with Crippen molar-refractivity contribution < 1.29 is 14.6 Å². The molecule has 0 bridgehead atoms. The second-order valence-corrected chi connectivity index (χ2v) is 6.49. The first-order chi connectivity index (χ1) is 11.0. The summed E-state index contributed by atoms with van der Waals surface area (Å²) in [5.74, 6) is 2.32. The van der Waals surface area contributed by atoms with E-state index in [1.165, 1.54) is 4.88 Å². The third-order valence-corrected chi connectivity index (χ3v) is 4.83. The molecule has 0 spiro atoms. The number of rotatable bonds is 4. The number of fused-ring (bicyclic) bond motifs is 1. The lowest BCUT2D eigenvalue weighted by Gasteiger charge is -2.12. The molecule has 0 radical (unpaired) electrons. The topological polar surface area (TPSA) is 64.5 Å². The molecule has 1 aromatic carbocycles. The Balaban J connectivity index is 2.11. The molecule has 0 aliphatic carbocycles. The number of hydrogen-bond acceptors (Lipinski definition) is 6. The van der Waals surface area contributed by atoms with E-state index >= 15 is 0 Å². The molecule has 6 heteroatoms. The van der Waals surface area contributed by atoms with E-state index < -0.39 is 0 Å². The fraction of sp³-hybridized carbons (Fsp3) is 0.294. The Labute approximate surface area is 138 Å². The van der Waals surface area contributed by atoms with Crippen molar-refractivity contribution in [2.75, 3.05) is 7.11 Å². The van der Waals surface area contributed by atoms with Crippen LogP contribution in [0.5, 0.6) is 17.4 Å². The molecule has 120 valence electrons. The van der Waals surface area contributed by atoms with Gasteiger partial charge in [0, 0.05) is 4.88 Å². The predicted molar refractivity (Wildman–Crippen MR) is 90.6 cm³/mol. The van der Waals surface area contributed by atoms with Crippen molar-refractivity contribution in [2.45, 2.75) is 27.4 Å². The van der Waals surface area contributed by atoms with Crippen LogP contribution in [0.25, 0.3) is 10.2 Å². The van der Waals surface area contributed by atoms with Gasteiger partial charge in [-0.25, -0.2) is 4.98 Å². The molecule has 0 aliphatic heterocycles. The van der Waals surface area contributed by atoms with E-state index in [0.29, 0.717) is 23.2 Å². The summed E-state index contributed by atoms with van der Waals surface area (Å²) in [7, 11) is 1.57. The minimum Gasteiger partial charge on any atom is -0.493 e. The smallest absolute Gasteiger partial charge is 0.231 e. The highest BCUT2D eigenvalue weighted by Crippen LogP contribution is 2.38. The molecule has 0 aliphatic rings. The molecule has 23 heavy (non-hydrogen) atoms. The molecular formula is C17H18N2O3S. The van der Waals surface area contributed by atoms with Crippen LogP contribution in [0.4, 0.5) is 0 Å². The van der Waals surface area contributed by atoms with Crippen LogP contribution < -0.4 is 9.47 Å². The van der Waals surface area contributed by atoms with Crippen LogP contribution in [0.2, 0.25) is 0 Å². The van der Waals surface area contributed by atoms with E-state index in [1.54, 1.807) is 36.6 Å². The van der Waals surface area contributed by atoms with Crippen LogP contribution in [0.3, 0.4) is 0 Å². The maximum Gasteiger partial charge on any atom is 0.231 e. The second-order valence-electron chi connectivity index (χ2n) is 5.28. The summed E-state index contributed by atoms with van der Waals surface area (Å²) in [5, 5.41) is 10.2. The van der Waals surface area contributed by atoms with Gasteiger partial charge in [-0.1, -0.05) is 6.07 Å². The Morgan fingerprint density at radius 3 is 2.61 bits per heavy atom. The fourth-order valence-corrected chi connectivity index (χ4v) is 3.45. The van der Waals surface area contributed by atoms with Gasteiger partial charge in [-0.2, -0.15) is 4.98 Å². The van der Waals surface area contributed by atoms with Gasteiger partial charge in [-0.05, 0) is 44.0 Å². The number of ether oxygens (including phenoxy) is 2. The monoisotopic (exact) mass is 330 g/mol. The van der Waals surface area contributed by atoms with Gasteiger partial charge in [0.05, 0.1) is 19.1 Å². The fourth-order valence-electron chi connectivity index (χ4n) is 2.39. The van der Waals surface area contributed by atoms with Crippen molar-refractivity contribution in [3.63, 3.8) is 0 Å². The van der Waals surface area contributed by atoms with Gasteiger partial charge >= 0.3 is 0 Å². The zero-order valence-electron chi connectivity index (χ0n) is 13.5. The van der Waals surface area contributed by atoms with E-state index in [-0.39, 0.29) is 6.61 Å². The van der Waals surface area contributed by atoms with Gasteiger partial charge in [0.15, 0.2) is 11.5 Å². The number of aryl methyl sites for hydroxylation is 3. The Bertz CT molecular complexity index is 874. The van der Waals surface area contributed by atoms with Crippen molar-refractivity contribution in [1.82, 2.24) is 9.97 Å². The zero-order valence-corrected chi connectivity index (χ0v) is 14.3. The van der Waals surface area contributed by atoms with Gasteiger partial charge in [0.25, 0.3) is 0 Å². The Hall–Kier alpha value is -2.18. The van der Waals surface area contributed by atoms with Crippen molar-refractivity contribution in [2.24, 2.45) is 0 Å². The quantitative estimate of drug-likeness (QED) is 0.786. The van der Waals surface area contributed by atoms with Crippen molar-refractivity contribution in [3.05, 3.63) is 40.0 Å². The van der Waals surface area contributed by atoms with Gasteiger partial charge in [0.1, 0.15) is 10.7 Å². The third kappa shape index (κ3) is 2.87. The summed E-state index contributed by atoms with van der Waals surface area (Å²) in [4.78, 5) is 11.1. The molecular weight excluding hydrogens is 312 g/mol. The number of methoxy groups -OCH3 is 1. The average Bonchev–Trinajstić information content (AvgIpc) is 2.82. The number of benzene rings is 1. The second kappa shape index (κ2) is 6.14. The first-order valence-corrected chi connectivity index (χ1v) is 8.05. The SMILES string of the molecule is COc1cc(CO)ccc1Oc1nc(C)nc2sc(C)c(C)c12. The van der Waals surface area contributed by atoms with Crippen molar-refractivity contribution in [1.29, 1.82) is 0 Å². The Morgan fingerprint density at radius 1 is 1.13 bits per heavy atom. The van der Waals surface area contributed by atoms with Crippen molar-refractivity contribution >= 4 is 21.6 Å². The molecule has 2 aromatic heterocycles. The maximum absolute atomic E-state index is 9.24. The number of thiophene rings is 1. The van der Waals surface area contributed by atoms with E-state index in [1.807, 2.05) is 13.8 Å². The molecule has 3 aromatic rings. The molecule has 1 N–H and O–H groups in total. The van der Waals surface area contributed by atoms with Crippen LogP contribution in [0.15, 0.2) is 18.2 Å². The number of aliphatic hydroxyl groups excluding tert-OH is 1. The summed E-state index contributed by atoms with van der Waals surface area (Å²) in [5.41, 5.74) is 1.90. The minimum absolute atomic E-state index is 0.0453. The summed E-state index contributed by atoms with van der Waals surface area (Å²) in [6.45, 7) is 5.92. The highest BCUT2D eigenvalue weighted by atomic mass is 32.1. The zero-order chi connectivity index (χ0) is 16.6. The Morgan fingerprint density at radius 2 is 1.91 bits per heavy atom. The largest absolute Gasteiger partial charge is 0.493 e. The van der Waals surface area contributed by atoms with Crippen molar-refractivity contribution in [3.8, 4) is 17.4 Å². The molecule has 5 nitrogen and oxygen atoms in total. The van der Waals surface area contributed by atoms with Crippen LogP contribution in [0, 0.1) is 20.8 Å². The van der Waals surface area contributed by atoms with E-state index in [2.05, 4.69) is 16.9 Å². The summed E-state index contributed by atoms with van der Waals surface area (Å²) in [6.07, 6.45) is 0. The molecule has 0 fully saturated rings. The lowest BCUT2D eigenvalue weighted by Crippen LogP contribution is -1.97. The van der Waals surface area contributed by atoms with Gasteiger partial charge < -0.3 is 14.6 Å². The number of nitrogens with zero attached hydrogens (tertiary/aromatic N) is 2. The lowest BCUT2D eigenvalue weighted by atomic mass is 10.2. The highest BCUT2D eigenvalue weighted by Gasteiger charge is 2.17. The highest BCUT2D eigenvalue weighted by molar-refractivity contribution is 7.18. The van der Waals surface area contributed by atoms with Crippen LogP contribution in [-0.4, -0.2) is 22.2 Å². The Kier molecular flexibility index (Phi) is 4.19. The number of aliphatic hydroxyl groups is 1. The normalized spacial score (nSPS) is 11.0. The van der Waals surface area contributed by atoms with Crippen LogP contribution in [0.1, 0.15) is 21.8 Å². The summed E-state index contributed by atoms with van der Waals surface area (Å²) in [6, 6.07) is 5.34. The molecule has 0 saturated heterocycles. The van der Waals surface area contributed by atoms with Gasteiger partial charge in [-0.3, -0.25) is 0 Å². The average molecular weight is 330 g/mol. The minimum atomic E-state index is -0.0453. The summed E-state index contributed by atoms with van der Waals surface area (Å²) < 4.78 is 11.4. The number of aromatic nitrogens is 2. The molecule has 3 rings (SSSR count). The van der Waals surface area contributed by atoms with E-state index in [4.69, 9.17) is 9.47 Å². The van der Waals surface area contributed by atoms with Crippen LogP contribution >= 0.6 is 11.3 Å². The molecule has 0 amide bonds. The first-order valence-electron chi connectivity index (χ1n) is 7.23.